The van der Waals surface area contributed by atoms with E-state index in [4.69, 9.17) is 4.42 Å². The SMILES string of the molecule is O=C1/C(=C\Nc2nc(-c3ccccc3)c(-c3ccccc3)o2)c2ccccc2C(=O)N1c1cccc(C(F)(F)F)c1. The molecule has 9 heteroatoms. The lowest BCUT2D eigenvalue weighted by atomic mass is 9.93. The molecule has 4 aromatic carbocycles. The van der Waals surface area contributed by atoms with E-state index < -0.39 is 23.6 Å². The Bertz CT molecular complexity index is 1740. The molecule has 0 spiro atoms. The summed E-state index contributed by atoms with van der Waals surface area (Å²) in [4.78, 5) is 32.3. The minimum absolute atomic E-state index is 0.0540. The van der Waals surface area contributed by atoms with E-state index in [0.29, 0.717) is 17.0 Å². The van der Waals surface area contributed by atoms with Crippen molar-refractivity contribution in [3.63, 3.8) is 0 Å². The fraction of sp³-hybridized carbons (Fsp3) is 0.0312. The third kappa shape index (κ3) is 4.89. The van der Waals surface area contributed by atoms with Gasteiger partial charge in [0.05, 0.1) is 16.8 Å². The monoisotopic (exact) mass is 551 g/mol. The average Bonchev–Trinajstić information content (AvgIpc) is 3.42. The van der Waals surface area contributed by atoms with Gasteiger partial charge in [-0.25, -0.2) is 4.90 Å². The second-order valence-corrected chi connectivity index (χ2v) is 9.17. The van der Waals surface area contributed by atoms with Gasteiger partial charge in [0.25, 0.3) is 17.8 Å². The number of carbonyl (C=O) groups is 2. The second kappa shape index (κ2) is 10.3. The number of fused-ring (bicyclic) bond motifs is 1. The molecule has 1 aromatic heterocycles. The standard InChI is InChI=1S/C32H20F3N3O3/c33-32(34,35)22-14-9-15-23(18-22)38-29(39)25-17-8-7-16-24(25)26(30(38)40)19-36-31-37-27(20-10-3-1-4-11-20)28(41-31)21-12-5-2-6-13-21/h1-19H,(H,36,37)/b26-19-. The molecular formula is C32H20F3N3O3. The van der Waals surface area contributed by atoms with Gasteiger partial charge in [0.1, 0.15) is 5.69 Å². The maximum atomic E-state index is 13.7. The number of carbonyl (C=O) groups excluding carboxylic acids is 2. The van der Waals surface area contributed by atoms with E-state index in [0.717, 1.165) is 34.2 Å². The molecule has 0 fully saturated rings. The summed E-state index contributed by atoms with van der Waals surface area (Å²) in [7, 11) is 0. The van der Waals surface area contributed by atoms with E-state index in [9.17, 15) is 22.8 Å². The van der Waals surface area contributed by atoms with Crippen molar-refractivity contribution >= 4 is 29.1 Å². The highest BCUT2D eigenvalue weighted by molar-refractivity contribution is 6.41. The summed E-state index contributed by atoms with van der Waals surface area (Å²) in [6.07, 6.45) is -3.29. The molecule has 41 heavy (non-hydrogen) atoms. The summed E-state index contributed by atoms with van der Waals surface area (Å²) in [5, 5.41) is 2.93. The molecule has 6 nitrogen and oxygen atoms in total. The summed E-state index contributed by atoms with van der Waals surface area (Å²) in [6, 6.07) is 29.4. The Morgan fingerprint density at radius 1 is 0.732 bits per heavy atom. The Hall–Kier alpha value is -5.44. The summed E-state index contributed by atoms with van der Waals surface area (Å²) in [6.45, 7) is 0. The first-order valence-electron chi connectivity index (χ1n) is 12.5. The van der Waals surface area contributed by atoms with Crippen LogP contribution in [0.15, 0.2) is 120 Å². The Kier molecular flexibility index (Phi) is 6.47. The number of hydrogen-bond acceptors (Lipinski definition) is 5. The molecule has 202 valence electrons. The van der Waals surface area contributed by atoms with E-state index in [1.807, 2.05) is 60.7 Å². The van der Waals surface area contributed by atoms with Crippen LogP contribution < -0.4 is 10.2 Å². The van der Waals surface area contributed by atoms with E-state index >= 15 is 0 Å². The molecule has 2 heterocycles. The van der Waals surface area contributed by atoms with Gasteiger partial charge >= 0.3 is 6.18 Å². The molecule has 0 atom stereocenters. The van der Waals surface area contributed by atoms with Crippen molar-refractivity contribution in [3.8, 4) is 22.6 Å². The van der Waals surface area contributed by atoms with Crippen LogP contribution in [-0.2, 0) is 11.0 Å². The van der Waals surface area contributed by atoms with Gasteiger partial charge in [0.15, 0.2) is 5.76 Å². The van der Waals surface area contributed by atoms with Crippen molar-refractivity contribution < 1.29 is 27.2 Å². The van der Waals surface area contributed by atoms with Gasteiger partial charge in [0, 0.05) is 28.5 Å². The topological polar surface area (TPSA) is 75.4 Å². The lowest BCUT2D eigenvalue weighted by Gasteiger charge is -2.29. The number of hydrogen-bond donors (Lipinski definition) is 1. The van der Waals surface area contributed by atoms with Gasteiger partial charge in [-0.05, 0) is 24.3 Å². The smallest absolute Gasteiger partial charge is 0.416 e. The Balaban J connectivity index is 1.42. The molecule has 1 N–H and O–H groups in total. The summed E-state index contributed by atoms with van der Waals surface area (Å²) < 4.78 is 46.3. The second-order valence-electron chi connectivity index (χ2n) is 9.17. The molecule has 1 aliphatic rings. The van der Waals surface area contributed by atoms with Crippen LogP contribution in [-0.4, -0.2) is 16.8 Å². The zero-order chi connectivity index (χ0) is 28.6. The summed E-state index contributed by atoms with van der Waals surface area (Å²) in [5.74, 6) is -1.01. The quantitative estimate of drug-likeness (QED) is 0.179. The molecular weight excluding hydrogens is 531 g/mol. The predicted octanol–water partition coefficient (Wildman–Crippen LogP) is 7.67. The molecule has 0 saturated carbocycles. The van der Waals surface area contributed by atoms with Crippen LogP contribution in [0.4, 0.5) is 24.9 Å². The van der Waals surface area contributed by atoms with Crippen LogP contribution in [0.25, 0.3) is 28.2 Å². The van der Waals surface area contributed by atoms with Crippen molar-refractivity contribution in [2.24, 2.45) is 0 Å². The van der Waals surface area contributed by atoms with Gasteiger partial charge in [-0.1, -0.05) is 84.9 Å². The van der Waals surface area contributed by atoms with Crippen molar-refractivity contribution in [2.75, 3.05) is 10.2 Å². The fourth-order valence-electron chi connectivity index (χ4n) is 4.64. The van der Waals surface area contributed by atoms with Crippen LogP contribution in [0, 0.1) is 0 Å². The number of aromatic nitrogens is 1. The van der Waals surface area contributed by atoms with E-state index in [2.05, 4.69) is 10.3 Å². The molecule has 5 aromatic rings. The zero-order valence-electron chi connectivity index (χ0n) is 21.2. The number of amides is 2. The van der Waals surface area contributed by atoms with Crippen LogP contribution in [0.2, 0.25) is 0 Å². The number of alkyl halides is 3. The molecule has 0 radical (unpaired) electrons. The molecule has 0 saturated heterocycles. The van der Waals surface area contributed by atoms with E-state index in [1.165, 1.54) is 18.3 Å². The fourth-order valence-corrected chi connectivity index (χ4v) is 4.64. The minimum atomic E-state index is -4.64. The maximum Gasteiger partial charge on any atom is 0.416 e. The molecule has 1 aliphatic heterocycles. The number of anilines is 2. The van der Waals surface area contributed by atoms with E-state index in [-0.39, 0.29) is 22.8 Å². The van der Waals surface area contributed by atoms with Crippen LogP contribution in [0.3, 0.4) is 0 Å². The number of rotatable bonds is 5. The number of benzene rings is 4. The lowest BCUT2D eigenvalue weighted by molar-refractivity contribution is -0.137. The molecule has 0 aliphatic carbocycles. The summed E-state index contributed by atoms with van der Waals surface area (Å²) in [5.41, 5.74) is 1.57. The highest BCUT2D eigenvalue weighted by atomic mass is 19.4. The largest absolute Gasteiger partial charge is 0.423 e. The Morgan fingerprint density at radius 2 is 1.37 bits per heavy atom. The van der Waals surface area contributed by atoms with Crippen molar-refractivity contribution in [2.45, 2.75) is 6.18 Å². The van der Waals surface area contributed by atoms with Gasteiger partial charge in [-0.15, -0.1) is 0 Å². The van der Waals surface area contributed by atoms with Crippen molar-refractivity contribution in [1.82, 2.24) is 4.98 Å². The highest BCUT2D eigenvalue weighted by Crippen LogP contribution is 2.37. The number of nitrogens with one attached hydrogen (secondary N) is 1. The maximum absolute atomic E-state index is 13.7. The van der Waals surface area contributed by atoms with Crippen LogP contribution in [0.1, 0.15) is 21.5 Å². The van der Waals surface area contributed by atoms with Gasteiger partial charge < -0.3 is 9.73 Å². The number of imide groups is 1. The molecule has 6 rings (SSSR count). The first-order chi connectivity index (χ1) is 19.8. The third-order valence-corrected chi connectivity index (χ3v) is 6.57. The first-order valence-corrected chi connectivity index (χ1v) is 12.5. The average molecular weight is 552 g/mol. The van der Waals surface area contributed by atoms with Crippen molar-refractivity contribution in [1.29, 1.82) is 0 Å². The van der Waals surface area contributed by atoms with Gasteiger partial charge in [-0.2, -0.15) is 18.2 Å². The number of halogens is 3. The Morgan fingerprint density at radius 3 is 2.05 bits per heavy atom. The molecule has 0 unspecified atom stereocenters. The van der Waals surface area contributed by atoms with Gasteiger partial charge in [0.2, 0.25) is 0 Å². The molecule has 2 amide bonds. The third-order valence-electron chi connectivity index (χ3n) is 6.57. The van der Waals surface area contributed by atoms with Crippen LogP contribution >= 0.6 is 0 Å². The van der Waals surface area contributed by atoms with E-state index in [1.54, 1.807) is 18.2 Å². The zero-order valence-corrected chi connectivity index (χ0v) is 21.2. The minimum Gasteiger partial charge on any atom is -0.423 e. The van der Waals surface area contributed by atoms with Crippen molar-refractivity contribution in [3.05, 3.63) is 132 Å². The normalized spacial score (nSPS) is 14.3. The lowest BCUT2D eigenvalue weighted by Crippen LogP contribution is -2.42. The predicted molar refractivity (Wildman–Crippen MR) is 149 cm³/mol. The Labute approximate surface area is 232 Å². The van der Waals surface area contributed by atoms with Gasteiger partial charge in [-0.3, -0.25) is 9.59 Å². The summed E-state index contributed by atoms with van der Waals surface area (Å²) >= 11 is 0. The van der Waals surface area contributed by atoms with Crippen LogP contribution in [0.5, 0.6) is 0 Å². The highest BCUT2D eigenvalue weighted by Gasteiger charge is 2.37. The number of nitrogens with zero attached hydrogens (tertiary/aromatic N) is 2. The molecule has 0 bridgehead atoms. The first kappa shape index (κ1) is 25.8. The number of oxazole rings is 1.